The largest absolute Gasteiger partial charge is 0.468 e. The van der Waals surface area contributed by atoms with E-state index in [4.69, 9.17) is 5.11 Å². The monoisotopic (exact) mass is 268 g/mol. The lowest BCUT2D eigenvalue weighted by Crippen LogP contribution is -2.03. The standard InChI is InChI=1S/C13H13FO3S/c1-17-13(16)9-18-8-11-5-4-10(3-2-6-15)7-12(11)14/h4-5,7,15H,6,8-9H2,1H3. The Balaban J connectivity index is 2.60. The first-order chi connectivity index (χ1) is 8.67. The smallest absolute Gasteiger partial charge is 0.315 e. The SMILES string of the molecule is COC(=O)CSCc1ccc(C#CCO)cc1F. The second kappa shape index (κ2) is 7.75. The zero-order valence-electron chi connectivity index (χ0n) is 9.90. The van der Waals surface area contributed by atoms with Crippen LogP contribution in [0.25, 0.3) is 0 Å². The van der Waals surface area contributed by atoms with Crippen LogP contribution in [0, 0.1) is 17.7 Å². The Hall–Kier alpha value is -1.51. The van der Waals surface area contributed by atoms with Crippen LogP contribution >= 0.6 is 11.8 Å². The summed E-state index contributed by atoms with van der Waals surface area (Å²) in [5.41, 5.74) is 1.03. The van der Waals surface area contributed by atoms with Crippen molar-refractivity contribution in [2.45, 2.75) is 5.75 Å². The summed E-state index contributed by atoms with van der Waals surface area (Å²) >= 11 is 1.29. The van der Waals surface area contributed by atoms with Crippen LogP contribution < -0.4 is 0 Å². The summed E-state index contributed by atoms with van der Waals surface area (Å²) in [4.78, 5) is 10.9. The summed E-state index contributed by atoms with van der Waals surface area (Å²) in [5, 5.41) is 8.53. The lowest BCUT2D eigenvalue weighted by atomic mass is 10.1. The van der Waals surface area contributed by atoms with Crippen LogP contribution in [0.4, 0.5) is 4.39 Å². The van der Waals surface area contributed by atoms with E-state index in [0.29, 0.717) is 16.9 Å². The molecule has 5 heteroatoms. The fraction of sp³-hybridized carbons (Fsp3) is 0.308. The summed E-state index contributed by atoms with van der Waals surface area (Å²) in [5.74, 6) is 4.98. The quantitative estimate of drug-likeness (QED) is 0.665. The van der Waals surface area contributed by atoms with Crippen molar-refractivity contribution in [1.29, 1.82) is 0 Å². The molecule has 0 heterocycles. The molecule has 0 fully saturated rings. The van der Waals surface area contributed by atoms with Gasteiger partial charge >= 0.3 is 5.97 Å². The molecular weight excluding hydrogens is 255 g/mol. The number of carbonyl (C=O) groups excluding carboxylic acids is 1. The number of hydrogen-bond acceptors (Lipinski definition) is 4. The fourth-order valence-electron chi connectivity index (χ4n) is 1.19. The summed E-state index contributed by atoms with van der Waals surface area (Å²) < 4.78 is 18.1. The number of methoxy groups -OCH3 is 1. The highest BCUT2D eigenvalue weighted by Gasteiger charge is 2.05. The molecule has 0 radical (unpaired) electrons. The molecule has 1 rings (SSSR count). The maximum atomic E-state index is 13.6. The molecule has 0 amide bonds. The van der Waals surface area contributed by atoms with Gasteiger partial charge in [-0.25, -0.2) is 4.39 Å². The van der Waals surface area contributed by atoms with Gasteiger partial charge < -0.3 is 9.84 Å². The highest BCUT2D eigenvalue weighted by molar-refractivity contribution is 7.99. The molecule has 0 unspecified atom stereocenters. The third kappa shape index (κ3) is 4.78. The maximum Gasteiger partial charge on any atom is 0.315 e. The predicted molar refractivity (Wildman–Crippen MR) is 68.5 cm³/mol. The third-order valence-electron chi connectivity index (χ3n) is 2.07. The van der Waals surface area contributed by atoms with E-state index >= 15 is 0 Å². The van der Waals surface area contributed by atoms with Gasteiger partial charge in [0.2, 0.25) is 0 Å². The summed E-state index contributed by atoms with van der Waals surface area (Å²) in [6.07, 6.45) is 0. The van der Waals surface area contributed by atoms with Crippen LogP contribution in [0.15, 0.2) is 18.2 Å². The van der Waals surface area contributed by atoms with E-state index in [0.717, 1.165) is 0 Å². The topological polar surface area (TPSA) is 46.5 Å². The second-order valence-corrected chi connectivity index (χ2v) is 4.32. The van der Waals surface area contributed by atoms with E-state index < -0.39 is 0 Å². The Morgan fingerprint density at radius 1 is 1.56 bits per heavy atom. The van der Waals surface area contributed by atoms with Crippen molar-refractivity contribution in [3.63, 3.8) is 0 Å². The molecular formula is C13H13FO3S. The van der Waals surface area contributed by atoms with Gasteiger partial charge in [-0.05, 0) is 17.7 Å². The lowest BCUT2D eigenvalue weighted by molar-refractivity contribution is -0.137. The Labute approximate surface area is 109 Å². The number of thioether (sulfide) groups is 1. The van der Waals surface area contributed by atoms with Crippen LogP contribution in [0.5, 0.6) is 0 Å². The van der Waals surface area contributed by atoms with Crippen molar-refractivity contribution in [2.75, 3.05) is 19.5 Å². The molecule has 0 saturated heterocycles. The number of halogens is 1. The van der Waals surface area contributed by atoms with Crippen molar-refractivity contribution in [2.24, 2.45) is 0 Å². The highest BCUT2D eigenvalue weighted by Crippen LogP contribution is 2.17. The summed E-state index contributed by atoms with van der Waals surface area (Å²) in [7, 11) is 1.32. The van der Waals surface area contributed by atoms with Gasteiger partial charge in [0.1, 0.15) is 12.4 Å². The Bertz CT molecular complexity index is 477. The number of hydrogen-bond donors (Lipinski definition) is 1. The van der Waals surface area contributed by atoms with Crippen molar-refractivity contribution >= 4 is 17.7 Å². The molecule has 0 aromatic heterocycles. The number of aliphatic hydroxyl groups excluding tert-OH is 1. The van der Waals surface area contributed by atoms with Gasteiger partial charge in [0.25, 0.3) is 0 Å². The number of benzene rings is 1. The molecule has 18 heavy (non-hydrogen) atoms. The first kappa shape index (κ1) is 14.6. The van der Waals surface area contributed by atoms with Crippen LogP contribution in [0.3, 0.4) is 0 Å². The normalized spacial score (nSPS) is 9.50. The average molecular weight is 268 g/mol. The highest BCUT2D eigenvalue weighted by atomic mass is 32.2. The van der Waals surface area contributed by atoms with Gasteiger partial charge in [-0.3, -0.25) is 4.79 Å². The van der Waals surface area contributed by atoms with E-state index in [9.17, 15) is 9.18 Å². The first-order valence-electron chi connectivity index (χ1n) is 5.20. The zero-order valence-corrected chi connectivity index (χ0v) is 10.7. The third-order valence-corrected chi connectivity index (χ3v) is 3.02. The number of carbonyl (C=O) groups is 1. The average Bonchev–Trinajstić information content (AvgIpc) is 2.38. The number of rotatable bonds is 4. The summed E-state index contributed by atoms with van der Waals surface area (Å²) in [6.45, 7) is -0.252. The van der Waals surface area contributed by atoms with Crippen molar-refractivity contribution in [1.82, 2.24) is 0 Å². The van der Waals surface area contributed by atoms with Gasteiger partial charge in [0.05, 0.1) is 12.9 Å². The van der Waals surface area contributed by atoms with Gasteiger partial charge in [-0.2, -0.15) is 0 Å². The minimum atomic E-state index is -0.364. The molecule has 0 aliphatic carbocycles. The van der Waals surface area contributed by atoms with E-state index in [1.165, 1.54) is 24.9 Å². The van der Waals surface area contributed by atoms with E-state index in [2.05, 4.69) is 16.6 Å². The Morgan fingerprint density at radius 3 is 2.94 bits per heavy atom. The van der Waals surface area contributed by atoms with Crippen molar-refractivity contribution < 1.29 is 19.0 Å². The van der Waals surface area contributed by atoms with E-state index in [-0.39, 0.29) is 24.1 Å². The molecule has 0 aliphatic heterocycles. The van der Waals surface area contributed by atoms with E-state index in [1.807, 2.05) is 0 Å². The molecule has 1 aromatic carbocycles. The zero-order chi connectivity index (χ0) is 13.4. The van der Waals surface area contributed by atoms with Gasteiger partial charge in [-0.15, -0.1) is 11.8 Å². The minimum absolute atomic E-state index is 0.196. The summed E-state index contributed by atoms with van der Waals surface area (Å²) in [6, 6.07) is 4.62. The van der Waals surface area contributed by atoms with Crippen LogP contribution in [-0.4, -0.2) is 30.5 Å². The Morgan fingerprint density at radius 2 is 2.33 bits per heavy atom. The number of esters is 1. The Kier molecular flexibility index (Phi) is 6.26. The molecule has 0 bridgehead atoms. The molecule has 0 saturated carbocycles. The minimum Gasteiger partial charge on any atom is -0.468 e. The van der Waals surface area contributed by atoms with Crippen molar-refractivity contribution in [3.05, 3.63) is 35.1 Å². The lowest BCUT2D eigenvalue weighted by Gasteiger charge is -2.03. The van der Waals surface area contributed by atoms with Gasteiger partial charge in [-0.1, -0.05) is 17.9 Å². The van der Waals surface area contributed by atoms with Crippen molar-refractivity contribution in [3.8, 4) is 11.8 Å². The van der Waals surface area contributed by atoms with Gasteiger partial charge in [0, 0.05) is 11.3 Å². The number of ether oxygens (including phenoxy) is 1. The van der Waals surface area contributed by atoms with E-state index in [1.54, 1.807) is 12.1 Å². The molecule has 1 aromatic rings. The molecule has 1 N–H and O–H groups in total. The molecule has 96 valence electrons. The maximum absolute atomic E-state index is 13.6. The predicted octanol–water partition coefficient (Wildman–Crippen LogP) is 1.58. The van der Waals surface area contributed by atoms with Gasteiger partial charge in [0.15, 0.2) is 0 Å². The first-order valence-corrected chi connectivity index (χ1v) is 6.35. The molecule has 0 spiro atoms. The van der Waals surface area contributed by atoms with Crippen LogP contribution in [0.2, 0.25) is 0 Å². The number of aliphatic hydroxyl groups is 1. The molecule has 0 aliphatic rings. The fourth-order valence-corrected chi connectivity index (χ4v) is 2.03. The second-order valence-electron chi connectivity index (χ2n) is 3.34. The van der Waals surface area contributed by atoms with Crippen LogP contribution in [-0.2, 0) is 15.3 Å². The van der Waals surface area contributed by atoms with Crippen LogP contribution in [0.1, 0.15) is 11.1 Å². The molecule has 3 nitrogen and oxygen atoms in total. The molecule has 0 atom stereocenters.